The van der Waals surface area contributed by atoms with Gasteiger partial charge in [-0.3, -0.25) is 9.59 Å². The number of hydrogen-bond acceptors (Lipinski definition) is 4. The number of halogens is 2. The topological polar surface area (TPSA) is 86.8 Å². The zero-order chi connectivity index (χ0) is 27.0. The Bertz CT molecular complexity index is 1320. The van der Waals surface area contributed by atoms with Crippen LogP contribution in [0.2, 0.25) is 5.02 Å². The lowest BCUT2D eigenvalue weighted by molar-refractivity contribution is -0.141. The summed E-state index contributed by atoms with van der Waals surface area (Å²) in [5, 5.41) is 3.12. The summed E-state index contributed by atoms with van der Waals surface area (Å²) in [6, 6.07) is 19.7. The second-order valence-electron chi connectivity index (χ2n) is 8.43. The Morgan fingerprint density at radius 2 is 1.59 bits per heavy atom. The van der Waals surface area contributed by atoms with Crippen molar-refractivity contribution in [3.8, 4) is 0 Å². The molecule has 2 amide bonds. The van der Waals surface area contributed by atoms with Gasteiger partial charge in [0.1, 0.15) is 11.9 Å². The van der Waals surface area contributed by atoms with Gasteiger partial charge >= 0.3 is 0 Å². The van der Waals surface area contributed by atoms with Crippen LogP contribution in [0.5, 0.6) is 0 Å². The molecule has 0 heterocycles. The molecule has 0 saturated carbocycles. The lowest BCUT2D eigenvalue weighted by Crippen LogP contribution is -2.53. The van der Waals surface area contributed by atoms with Crippen molar-refractivity contribution in [1.82, 2.24) is 14.5 Å². The van der Waals surface area contributed by atoms with Crippen LogP contribution >= 0.6 is 11.6 Å². The van der Waals surface area contributed by atoms with Gasteiger partial charge in [0.25, 0.3) is 0 Å². The Kier molecular flexibility index (Phi) is 9.79. The summed E-state index contributed by atoms with van der Waals surface area (Å²) in [6.07, 6.45) is 0.167. The van der Waals surface area contributed by atoms with Gasteiger partial charge in [0.05, 0.1) is 11.4 Å². The predicted octanol–water partition coefficient (Wildman–Crippen LogP) is 3.88. The Hall–Kier alpha value is -3.27. The van der Waals surface area contributed by atoms with Crippen molar-refractivity contribution < 1.29 is 22.4 Å². The number of nitrogens with one attached hydrogen (secondary N) is 1. The van der Waals surface area contributed by atoms with Crippen molar-refractivity contribution in [3.05, 3.63) is 101 Å². The number of carbonyl (C=O) groups is 2. The lowest BCUT2D eigenvalue weighted by atomic mass is 10.0. The van der Waals surface area contributed by atoms with Crippen LogP contribution in [-0.4, -0.2) is 55.6 Å². The molecule has 37 heavy (non-hydrogen) atoms. The van der Waals surface area contributed by atoms with Crippen LogP contribution in [0.1, 0.15) is 18.1 Å². The highest BCUT2D eigenvalue weighted by atomic mass is 35.5. The first kappa shape index (κ1) is 28.3. The first-order chi connectivity index (χ1) is 17.6. The fourth-order valence-electron chi connectivity index (χ4n) is 3.81. The highest BCUT2D eigenvalue weighted by molar-refractivity contribution is 7.89. The Balaban J connectivity index is 1.96. The van der Waals surface area contributed by atoms with Crippen LogP contribution < -0.4 is 5.32 Å². The van der Waals surface area contributed by atoms with E-state index in [2.05, 4.69) is 5.32 Å². The average molecular weight is 546 g/mol. The number of rotatable bonds is 11. The summed E-state index contributed by atoms with van der Waals surface area (Å²) in [6.45, 7) is 1.32. The number of amides is 2. The van der Waals surface area contributed by atoms with E-state index >= 15 is 0 Å². The van der Waals surface area contributed by atoms with Crippen LogP contribution in [-0.2, 0) is 32.6 Å². The van der Waals surface area contributed by atoms with E-state index < -0.39 is 40.2 Å². The Labute approximate surface area is 221 Å². The summed E-state index contributed by atoms with van der Waals surface area (Å²) < 4.78 is 41.7. The molecule has 1 unspecified atom stereocenters. The summed E-state index contributed by atoms with van der Waals surface area (Å²) >= 11 is 5.88. The van der Waals surface area contributed by atoms with Crippen LogP contribution in [0.4, 0.5) is 4.39 Å². The van der Waals surface area contributed by atoms with Gasteiger partial charge in [-0.1, -0.05) is 60.1 Å². The quantitative estimate of drug-likeness (QED) is 0.396. The number of sulfonamides is 1. The van der Waals surface area contributed by atoms with Crippen molar-refractivity contribution >= 4 is 33.4 Å². The number of likely N-dealkylation sites (N-methyl/N-ethyl adjacent to an activating group) is 2. The van der Waals surface area contributed by atoms with Crippen LogP contribution in [0.25, 0.3) is 0 Å². The second-order valence-corrected chi connectivity index (χ2v) is 10.9. The van der Waals surface area contributed by atoms with E-state index in [1.807, 2.05) is 30.3 Å². The van der Waals surface area contributed by atoms with E-state index in [0.29, 0.717) is 11.6 Å². The molecule has 1 N–H and O–H groups in total. The summed E-state index contributed by atoms with van der Waals surface area (Å²) in [7, 11) is -2.75. The van der Waals surface area contributed by atoms with Crippen LogP contribution in [0, 0.1) is 5.82 Å². The van der Waals surface area contributed by atoms with E-state index in [9.17, 15) is 22.4 Å². The van der Waals surface area contributed by atoms with Gasteiger partial charge in [-0.05, 0) is 42.8 Å². The van der Waals surface area contributed by atoms with Gasteiger partial charge in [0.2, 0.25) is 21.8 Å². The fraction of sp³-hybridized carbons (Fsp3) is 0.259. The van der Waals surface area contributed by atoms with Gasteiger partial charge in [-0.15, -0.1) is 0 Å². The zero-order valence-corrected chi connectivity index (χ0v) is 22.2. The van der Waals surface area contributed by atoms with Gasteiger partial charge in [0.15, 0.2) is 0 Å². The summed E-state index contributed by atoms with van der Waals surface area (Å²) in [5.74, 6) is -1.59. The monoisotopic (exact) mass is 545 g/mol. The molecule has 0 fully saturated rings. The van der Waals surface area contributed by atoms with Gasteiger partial charge in [-0.2, -0.15) is 4.31 Å². The third-order valence-corrected chi connectivity index (χ3v) is 7.87. The fourth-order valence-corrected chi connectivity index (χ4v) is 5.06. The average Bonchev–Trinajstić information content (AvgIpc) is 2.88. The second kappa shape index (κ2) is 12.8. The predicted molar refractivity (Wildman–Crippen MR) is 141 cm³/mol. The minimum atomic E-state index is -4.03. The van der Waals surface area contributed by atoms with E-state index in [-0.39, 0.29) is 23.4 Å². The van der Waals surface area contributed by atoms with Gasteiger partial charge in [-0.25, -0.2) is 12.8 Å². The van der Waals surface area contributed by atoms with E-state index in [1.165, 1.54) is 54.4 Å². The maximum Gasteiger partial charge on any atom is 0.243 e. The molecule has 3 aromatic carbocycles. The molecule has 1 atom stereocenters. The molecular weight excluding hydrogens is 517 g/mol. The number of carbonyl (C=O) groups excluding carboxylic acids is 2. The number of benzene rings is 3. The third-order valence-electron chi connectivity index (χ3n) is 5.80. The number of nitrogens with zero attached hydrogens (tertiary/aromatic N) is 2. The van der Waals surface area contributed by atoms with Crippen molar-refractivity contribution in [1.29, 1.82) is 0 Å². The van der Waals surface area contributed by atoms with Gasteiger partial charge < -0.3 is 10.2 Å². The zero-order valence-electron chi connectivity index (χ0n) is 20.6. The highest BCUT2D eigenvalue weighted by Gasteiger charge is 2.33. The smallest absolute Gasteiger partial charge is 0.243 e. The van der Waals surface area contributed by atoms with Crippen molar-refractivity contribution in [3.63, 3.8) is 0 Å². The molecule has 7 nitrogen and oxygen atoms in total. The first-order valence-electron chi connectivity index (χ1n) is 11.7. The third kappa shape index (κ3) is 7.38. The minimum Gasteiger partial charge on any atom is -0.355 e. The SMILES string of the molecule is CCNC(=O)C(Cc1ccccc1)N(Cc1ccccc1F)C(=O)CN(C)S(=O)(=O)c1ccc(Cl)cc1. The largest absolute Gasteiger partial charge is 0.355 e. The molecule has 0 bridgehead atoms. The van der Waals surface area contributed by atoms with E-state index in [0.717, 1.165) is 9.87 Å². The number of hydrogen-bond donors (Lipinski definition) is 1. The Morgan fingerprint density at radius 3 is 2.22 bits per heavy atom. The lowest BCUT2D eigenvalue weighted by Gasteiger charge is -2.32. The molecule has 0 aliphatic carbocycles. The molecule has 0 spiro atoms. The first-order valence-corrected chi connectivity index (χ1v) is 13.5. The van der Waals surface area contributed by atoms with Gasteiger partial charge in [0, 0.05) is 37.1 Å². The molecule has 0 aliphatic rings. The molecule has 3 rings (SSSR count). The van der Waals surface area contributed by atoms with E-state index in [1.54, 1.807) is 13.0 Å². The van der Waals surface area contributed by atoms with Crippen molar-refractivity contribution in [2.24, 2.45) is 0 Å². The molecule has 10 heteroatoms. The maximum absolute atomic E-state index is 14.6. The molecular formula is C27H29ClFN3O4S. The Morgan fingerprint density at radius 1 is 0.973 bits per heavy atom. The van der Waals surface area contributed by atoms with Crippen LogP contribution in [0.15, 0.2) is 83.8 Å². The summed E-state index contributed by atoms with van der Waals surface area (Å²) in [5.41, 5.74) is 1.01. The normalized spacial score (nSPS) is 12.2. The molecule has 196 valence electrons. The molecule has 0 aromatic heterocycles. The van der Waals surface area contributed by atoms with Crippen molar-refractivity contribution in [2.75, 3.05) is 20.1 Å². The molecule has 3 aromatic rings. The van der Waals surface area contributed by atoms with Crippen molar-refractivity contribution in [2.45, 2.75) is 30.8 Å². The molecule has 0 radical (unpaired) electrons. The molecule has 0 aliphatic heterocycles. The maximum atomic E-state index is 14.6. The highest BCUT2D eigenvalue weighted by Crippen LogP contribution is 2.20. The molecule has 0 saturated heterocycles. The summed E-state index contributed by atoms with van der Waals surface area (Å²) in [4.78, 5) is 28.0. The minimum absolute atomic E-state index is 0.0302. The van der Waals surface area contributed by atoms with Crippen LogP contribution in [0.3, 0.4) is 0 Å². The standard InChI is InChI=1S/C27H29ClFN3O4S/c1-3-30-27(34)25(17-20-9-5-4-6-10-20)32(18-21-11-7-8-12-24(21)29)26(33)19-31(2)37(35,36)23-15-13-22(28)14-16-23/h4-16,25H,3,17-19H2,1-2H3,(H,30,34). The van der Waals surface area contributed by atoms with E-state index in [4.69, 9.17) is 11.6 Å².